The van der Waals surface area contributed by atoms with E-state index in [1.807, 2.05) is 36.4 Å². The molecule has 0 atom stereocenters. The Morgan fingerprint density at radius 3 is 2.03 bits per heavy atom. The van der Waals surface area contributed by atoms with Crippen LogP contribution in [0.5, 0.6) is 0 Å². The molecule has 0 fully saturated rings. The number of amides is 3. The number of nitrogen functional groups attached to an aromatic ring is 1. The van der Waals surface area contributed by atoms with Gasteiger partial charge in [0.15, 0.2) is 5.69 Å². The van der Waals surface area contributed by atoms with E-state index >= 15 is 0 Å². The van der Waals surface area contributed by atoms with Gasteiger partial charge in [0.25, 0.3) is 11.5 Å². The number of aromatic nitrogens is 2. The Morgan fingerprint density at radius 1 is 0.865 bits per heavy atom. The van der Waals surface area contributed by atoms with Crippen LogP contribution < -0.4 is 32.5 Å². The molecular weight excluding hydrogens is 472 g/mol. The molecule has 0 aliphatic rings. The number of nitrogens with zero attached hydrogens (tertiary/aromatic N) is 2. The van der Waals surface area contributed by atoms with E-state index in [4.69, 9.17) is 5.73 Å². The molecule has 37 heavy (non-hydrogen) atoms. The van der Waals surface area contributed by atoms with E-state index in [0.717, 1.165) is 5.56 Å². The van der Waals surface area contributed by atoms with Gasteiger partial charge >= 0.3 is 11.7 Å². The first-order valence-corrected chi connectivity index (χ1v) is 11.6. The third-order valence-electron chi connectivity index (χ3n) is 5.65. The van der Waals surface area contributed by atoms with Crippen LogP contribution in [0.4, 0.5) is 27.7 Å². The SMILES string of the molecule is CCN(C(=O)c1ccc(NC(=O)Nc2ccccc2)cc1)c1c(N)n(Cc2ccccc2)c(=O)[nH]c1=O. The minimum atomic E-state index is -0.752. The van der Waals surface area contributed by atoms with Gasteiger partial charge in [0, 0.05) is 23.5 Å². The van der Waals surface area contributed by atoms with E-state index < -0.39 is 23.2 Å². The first-order valence-electron chi connectivity index (χ1n) is 11.6. The summed E-state index contributed by atoms with van der Waals surface area (Å²) in [7, 11) is 0. The van der Waals surface area contributed by atoms with Gasteiger partial charge in [-0.2, -0.15) is 0 Å². The van der Waals surface area contributed by atoms with Crippen molar-refractivity contribution >= 4 is 34.8 Å². The molecule has 3 amide bonds. The predicted octanol–water partition coefficient (Wildman–Crippen LogP) is 3.48. The summed E-state index contributed by atoms with van der Waals surface area (Å²) in [6, 6.07) is 23.9. The number of nitrogens with two attached hydrogens (primary N) is 1. The number of urea groups is 1. The lowest BCUT2D eigenvalue weighted by atomic mass is 10.1. The minimum Gasteiger partial charge on any atom is -0.383 e. The molecule has 0 saturated carbocycles. The maximum Gasteiger partial charge on any atom is 0.330 e. The number of H-pyrrole nitrogens is 1. The summed E-state index contributed by atoms with van der Waals surface area (Å²) in [5, 5.41) is 5.41. The molecular formula is C27H26N6O4. The topological polar surface area (TPSA) is 142 Å². The van der Waals surface area contributed by atoms with Crippen molar-refractivity contribution in [2.75, 3.05) is 27.8 Å². The Morgan fingerprint density at radius 2 is 1.43 bits per heavy atom. The summed E-state index contributed by atoms with van der Waals surface area (Å²) in [6.45, 7) is 1.97. The fourth-order valence-electron chi connectivity index (χ4n) is 3.83. The third-order valence-corrected chi connectivity index (χ3v) is 5.65. The third kappa shape index (κ3) is 5.76. The highest BCUT2D eigenvalue weighted by molar-refractivity contribution is 6.07. The smallest absolute Gasteiger partial charge is 0.330 e. The number of carbonyl (C=O) groups excluding carboxylic acids is 2. The number of anilines is 4. The number of para-hydroxylation sites is 1. The van der Waals surface area contributed by atoms with Gasteiger partial charge in [-0.25, -0.2) is 9.59 Å². The second-order valence-electron chi connectivity index (χ2n) is 8.14. The molecule has 0 aliphatic carbocycles. The molecule has 0 aliphatic heterocycles. The molecule has 10 nitrogen and oxygen atoms in total. The number of aromatic amines is 1. The lowest BCUT2D eigenvalue weighted by Gasteiger charge is -2.23. The normalized spacial score (nSPS) is 10.5. The molecule has 4 aromatic rings. The molecule has 3 aromatic carbocycles. The van der Waals surface area contributed by atoms with E-state index in [-0.39, 0.29) is 30.2 Å². The molecule has 0 bridgehead atoms. The Balaban J connectivity index is 1.55. The van der Waals surface area contributed by atoms with Gasteiger partial charge in [0.1, 0.15) is 5.82 Å². The van der Waals surface area contributed by atoms with Crippen molar-refractivity contribution < 1.29 is 9.59 Å². The Hall–Kier alpha value is -5.12. The van der Waals surface area contributed by atoms with Crippen molar-refractivity contribution in [1.82, 2.24) is 9.55 Å². The zero-order valence-electron chi connectivity index (χ0n) is 20.1. The van der Waals surface area contributed by atoms with Crippen molar-refractivity contribution in [3.05, 3.63) is 117 Å². The van der Waals surface area contributed by atoms with Crippen LogP contribution in [-0.2, 0) is 6.54 Å². The molecule has 0 radical (unpaired) electrons. The van der Waals surface area contributed by atoms with E-state index in [1.54, 1.807) is 43.3 Å². The van der Waals surface area contributed by atoms with E-state index in [2.05, 4.69) is 15.6 Å². The fourth-order valence-corrected chi connectivity index (χ4v) is 3.83. The summed E-state index contributed by atoms with van der Waals surface area (Å²) in [5.74, 6) is -0.589. The molecule has 5 N–H and O–H groups in total. The minimum absolute atomic E-state index is 0.104. The summed E-state index contributed by atoms with van der Waals surface area (Å²) in [4.78, 5) is 54.3. The zero-order chi connectivity index (χ0) is 26.4. The highest BCUT2D eigenvalue weighted by Gasteiger charge is 2.24. The van der Waals surface area contributed by atoms with Crippen LogP contribution in [0, 0.1) is 0 Å². The number of rotatable bonds is 7. The van der Waals surface area contributed by atoms with Gasteiger partial charge in [-0.1, -0.05) is 48.5 Å². The van der Waals surface area contributed by atoms with Crippen molar-refractivity contribution in [3.8, 4) is 0 Å². The van der Waals surface area contributed by atoms with Crippen LogP contribution in [0.15, 0.2) is 94.5 Å². The molecule has 4 rings (SSSR count). The van der Waals surface area contributed by atoms with Crippen LogP contribution >= 0.6 is 0 Å². The Labute approximate surface area is 212 Å². The lowest BCUT2D eigenvalue weighted by Crippen LogP contribution is -2.41. The van der Waals surface area contributed by atoms with Crippen LogP contribution in [0.2, 0.25) is 0 Å². The number of benzene rings is 3. The van der Waals surface area contributed by atoms with Gasteiger partial charge in [-0.3, -0.25) is 19.1 Å². The largest absolute Gasteiger partial charge is 0.383 e. The second-order valence-corrected chi connectivity index (χ2v) is 8.14. The first-order chi connectivity index (χ1) is 17.9. The van der Waals surface area contributed by atoms with Crippen LogP contribution in [-0.4, -0.2) is 28.0 Å². The quantitative estimate of drug-likeness (QED) is 0.309. The number of carbonyl (C=O) groups is 2. The van der Waals surface area contributed by atoms with Crippen molar-refractivity contribution in [2.45, 2.75) is 13.5 Å². The average molecular weight is 499 g/mol. The average Bonchev–Trinajstić information content (AvgIpc) is 2.90. The van der Waals surface area contributed by atoms with Crippen molar-refractivity contribution in [1.29, 1.82) is 0 Å². The molecule has 0 saturated heterocycles. The summed E-state index contributed by atoms with van der Waals surface area (Å²) in [6.07, 6.45) is 0. The van der Waals surface area contributed by atoms with Crippen molar-refractivity contribution in [3.63, 3.8) is 0 Å². The van der Waals surface area contributed by atoms with Crippen LogP contribution in [0.25, 0.3) is 0 Å². The van der Waals surface area contributed by atoms with Gasteiger partial charge in [-0.15, -0.1) is 0 Å². The molecule has 188 valence electrons. The van der Waals surface area contributed by atoms with E-state index in [0.29, 0.717) is 11.4 Å². The highest BCUT2D eigenvalue weighted by atomic mass is 16.2. The van der Waals surface area contributed by atoms with Gasteiger partial charge in [-0.05, 0) is 48.9 Å². The number of nitrogens with one attached hydrogen (secondary N) is 3. The Kier molecular flexibility index (Phi) is 7.48. The van der Waals surface area contributed by atoms with Crippen LogP contribution in [0.1, 0.15) is 22.8 Å². The fraction of sp³-hybridized carbons (Fsp3) is 0.111. The molecule has 0 spiro atoms. The summed E-state index contributed by atoms with van der Waals surface area (Å²) < 4.78 is 1.22. The maximum atomic E-state index is 13.3. The second kappa shape index (κ2) is 11.1. The predicted molar refractivity (Wildman–Crippen MR) is 144 cm³/mol. The molecule has 1 heterocycles. The zero-order valence-corrected chi connectivity index (χ0v) is 20.1. The van der Waals surface area contributed by atoms with Gasteiger partial charge < -0.3 is 21.3 Å². The summed E-state index contributed by atoms with van der Waals surface area (Å²) >= 11 is 0. The highest BCUT2D eigenvalue weighted by Crippen LogP contribution is 2.21. The van der Waals surface area contributed by atoms with Crippen LogP contribution in [0.3, 0.4) is 0 Å². The number of hydrogen-bond acceptors (Lipinski definition) is 5. The maximum absolute atomic E-state index is 13.3. The Bertz CT molecular complexity index is 1510. The summed E-state index contributed by atoms with van der Waals surface area (Å²) in [5.41, 5.74) is 6.94. The molecule has 1 aromatic heterocycles. The van der Waals surface area contributed by atoms with E-state index in [9.17, 15) is 19.2 Å². The first kappa shape index (κ1) is 25.0. The monoisotopic (exact) mass is 498 g/mol. The standard InChI is InChI=1S/C27H26N6O4/c1-2-32(22-23(28)33(27(37)31-24(22)34)17-18-9-5-3-6-10-18)25(35)19-13-15-21(16-14-19)30-26(36)29-20-11-7-4-8-12-20/h3-16H,2,17,28H2,1H3,(H2,29,30,36)(H,31,34,37). The number of hydrogen-bond donors (Lipinski definition) is 4. The van der Waals surface area contributed by atoms with Gasteiger partial charge in [0.05, 0.1) is 6.54 Å². The van der Waals surface area contributed by atoms with Gasteiger partial charge in [0.2, 0.25) is 0 Å². The van der Waals surface area contributed by atoms with E-state index in [1.165, 1.54) is 21.6 Å². The molecule has 10 heteroatoms. The van der Waals surface area contributed by atoms with Crippen molar-refractivity contribution in [2.24, 2.45) is 0 Å². The lowest BCUT2D eigenvalue weighted by molar-refractivity contribution is 0.0988. The molecule has 0 unspecified atom stereocenters.